The van der Waals surface area contributed by atoms with Gasteiger partial charge in [-0.15, -0.1) is 0 Å². The molecule has 0 aliphatic carbocycles. The van der Waals surface area contributed by atoms with Crippen LogP contribution in [0.4, 0.5) is 17.2 Å². The van der Waals surface area contributed by atoms with E-state index in [0.29, 0.717) is 17.1 Å². The largest absolute Gasteiger partial charge is 0.339 e. The highest BCUT2D eigenvalue weighted by Crippen LogP contribution is 2.19. The number of carbonyl (C=O) groups excluding carboxylic acids is 2. The molecule has 0 atom stereocenters. The molecule has 3 rings (SSSR count). The van der Waals surface area contributed by atoms with Crippen molar-refractivity contribution in [2.24, 2.45) is 0 Å². The van der Waals surface area contributed by atoms with Gasteiger partial charge in [-0.2, -0.15) is 0 Å². The second-order valence-corrected chi connectivity index (χ2v) is 6.01. The highest BCUT2D eigenvalue weighted by atomic mass is 16.2. The van der Waals surface area contributed by atoms with E-state index in [1.54, 1.807) is 24.3 Å². The second-order valence-electron chi connectivity index (χ2n) is 6.01. The smallest absolute Gasteiger partial charge is 0.275 e. The molecule has 2 aromatic carbocycles. The first kappa shape index (κ1) is 18.3. The van der Waals surface area contributed by atoms with E-state index in [-0.39, 0.29) is 17.4 Å². The number of ketones is 1. The van der Waals surface area contributed by atoms with Crippen LogP contribution in [-0.2, 0) is 6.42 Å². The van der Waals surface area contributed by atoms with Crippen LogP contribution in [0.15, 0.2) is 60.9 Å². The minimum atomic E-state index is -0.385. The van der Waals surface area contributed by atoms with Gasteiger partial charge in [0.15, 0.2) is 5.78 Å². The van der Waals surface area contributed by atoms with E-state index in [0.717, 1.165) is 12.1 Å². The van der Waals surface area contributed by atoms with Gasteiger partial charge in [-0.1, -0.05) is 37.3 Å². The Kier molecular flexibility index (Phi) is 5.56. The van der Waals surface area contributed by atoms with Crippen LogP contribution in [-0.4, -0.2) is 21.7 Å². The molecule has 1 heterocycles. The molecule has 6 heteroatoms. The second kappa shape index (κ2) is 8.23. The maximum absolute atomic E-state index is 12.3. The number of carbonyl (C=O) groups is 2. The van der Waals surface area contributed by atoms with Gasteiger partial charge in [-0.25, -0.2) is 9.97 Å². The summed E-state index contributed by atoms with van der Waals surface area (Å²) in [5.74, 6) is 0.114. The lowest BCUT2D eigenvalue weighted by Gasteiger charge is -2.10. The summed E-state index contributed by atoms with van der Waals surface area (Å²) in [6.07, 6.45) is 3.84. The van der Waals surface area contributed by atoms with E-state index in [1.807, 2.05) is 24.3 Å². The van der Waals surface area contributed by atoms with Gasteiger partial charge in [-0.3, -0.25) is 9.59 Å². The molecule has 6 nitrogen and oxygen atoms in total. The molecular formula is C21H20N4O2. The molecule has 0 bridgehead atoms. The number of rotatable bonds is 6. The van der Waals surface area contributed by atoms with Crippen LogP contribution in [0.25, 0.3) is 0 Å². The first-order valence-electron chi connectivity index (χ1n) is 8.66. The summed E-state index contributed by atoms with van der Waals surface area (Å²) in [6.45, 7) is 3.57. The summed E-state index contributed by atoms with van der Waals surface area (Å²) >= 11 is 0. The third-order valence-corrected chi connectivity index (χ3v) is 4.07. The van der Waals surface area contributed by atoms with Gasteiger partial charge in [0.05, 0.1) is 12.4 Å². The Bertz CT molecular complexity index is 968. The van der Waals surface area contributed by atoms with Gasteiger partial charge in [0.25, 0.3) is 5.91 Å². The first-order valence-corrected chi connectivity index (χ1v) is 8.66. The van der Waals surface area contributed by atoms with Crippen LogP contribution in [0.2, 0.25) is 0 Å². The van der Waals surface area contributed by atoms with Crippen LogP contribution < -0.4 is 10.6 Å². The third kappa shape index (κ3) is 4.55. The zero-order chi connectivity index (χ0) is 19.2. The van der Waals surface area contributed by atoms with Crippen LogP contribution in [0.5, 0.6) is 0 Å². The lowest BCUT2D eigenvalue weighted by atomic mass is 10.1. The molecule has 0 aliphatic heterocycles. The fourth-order valence-corrected chi connectivity index (χ4v) is 2.61. The van der Waals surface area contributed by atoms with Gasteiger partial charge in [0, 0.05) is 16.9 Å². The number of aryl methyl sites for hydroxylation is 1. The van der Waals surface area contributed by atoms with Crippen molar-refractivity contribution in [3.05, 3.63) is 77.7 Å². The molecule has 0 saturated carbocycles. The molecule has 27 heavy (non-hydrogen) atoms. The van der Waals surface area contributed by atoms with E-state index in [2.05, 4.69) is 27.5 Å². The number of nitrogens with zero attached hydrogens (tertiary/aromatic N) is 2. The van der Waals surface area contributed by atoms with Crippen molar-refractivity contribution in [2.45, 2.75) is 20.3 Å². The summed E-state index contributed by atoms with van der Waals surface area (Å²) in [6, 6.07) is 14.7. The molecule has 3 aromatic rings. The predicted octanol–water partition coefficient (Wildman–Crippen LogP) is 4.24. The highest BCUT2D eigenvalue weighted by Gasteiger charge is 2.10. The predicted molar refractivity (Wildman–Crippen MR) is 106 cm³/mol. The fraction of sp³-hybridized carbons (Fsp3) is 0.143. The molecule has 0 radical (unpaired) electrons. The molecule has 1 aromatic heterocycles. The van der Waals surface area contributed by atoms with Crippen LogP contribution in [0, 0.1) is 0 Å². The Balaban J connectivity index is 1.70. The number of anilines is 3. The lowest BCUT2D eigenvalue weighted by Crippen LogP contribution is -2.14. The molecule has 0 spiro atoms. The van der Waals surface area contributed by atoms with E-state index in [4.69, 9.17) is 0 Å². The minimum absolute atomic E-state index is 0.0614. The normalized spacial score (nSPS) is 10.3. The molecule has 0 aliphatic rings. The van der Waals surface area contributed by atoms with Crippen molar-refractivity contribution in [3.63, 3.8) is 0 Å². The summed E-state index contributed by atoms with van der Waals surface area (Å²) in [7, 11) is 0. The summed E-state index contributed by atoms with van der Waals surface area (Å²) < 4.78 is 0. The van der Waals surface area contributed by atoms with Gasteiger partial charge in [0.2, 0.25) is 0 Å². The topological polar surface area (TPSA) is 84.0 Å². The number of hydrogen-bond donors (Lipinski definition) is 2. The van der Waals surface area contributed by atoms with E-state index < -0.39 is 0 Å². The monoisotopic (exact) mass is 360 g/mol. The SMILES string of the molecule is CCc1ccccc1Nc1cnc(C(=O)Nc2cccc(C(C)=O)c2)cn1. The summed E-state index contributed by atoms with van der Waals surface area (Å²) in [4.78, 5) is 32.2. The van der Waals surface area contributed by atoms with Crippen LogP contribution in [0.1, 0.15) is 40.3 Å². The molecule has 1 amide bonds. The number of hydrogen-bond acceptors (Lipinski definition) is 5. The van der Waals surface area contributed by atoms with Crippen LogP contribution in [0.3, 0.4) is 0 Å². The maximum Gasteiger partial charge on any atom is 0.275 e. The maximum atomic E-state index is 12.3. The van der Waals surface area contributed by atoms with E-state index >= 15 is 0 Å². The minimum Gasteiger partial charge on any atom is -0.339 e. The van der Waals surface area contributed by atoms with Crippen molar-refractivity contribution < 1.29 is 9.59 Å². The zero-order valence-corrected chi connectivity index (χ0v) is 15.2. The quantitative estimate of drug-likeness (QED) is 0.643. The van der Waals surface area contributed by atoms with E-state index in [1.165, 1.54) is 24.9 Å². The molecule has 0 saturated heterocycles. The highest BCUT2D eigenvalue weighted by molar-refractivity contribution is 6.03. The van der Waals surface area contributed by atoms with Gasteiger partial charge in [-0.05, 0) is 37.1 Å². The Morgan fingerprint density at radius 2 is 1.81 bits per heavy atom. The number of aromatic nitrogens is 2. The fourth-order valence-electron chi connectivity index (χ4n) is 2.61. The van der Waals surface area contributed by atoms with Gasteiger partial charge < -0.3 is 10.6 Å². The number of Topliss-reactive ketones (excluding diaryl/α,β-unsaturated/α-hetero) is 1. The Morgan fingerprint density at radius 1 is 1.00 bits per heavy atom. The summed E-state index contributed by atoms with van der Waals surface area (Å²) in [5, 5.41) is 5.94. The lowest BCUT2D eigenvalue weighted by molar-refractivity contribution is 0.100. The average molecular weight is 360 g/mol. The van der Waals surface area contributed by atoms with Crippen molar-refractivity contribution in [2.75, 3.05) is 10.6 Å². The number of nitrogens with one attached hydrogen (secondary N) is 2. The molecular weight excluding hydrogens is 340 g/mol. The third-order valence-electron chi connectivity index (χ3n) is 4.07. The Hall–Kier alpha value is -3.54. The Labute approximate surface area is 157 Å². The first-order chi connectivity index (χ1) is 13.1. The molecule has 2 N–H and O–H groups in total. The summed E-state index contributed by atoms with van der Waals surface area (Å²) in [5.41, 5.74) is 3.40. The number of benzene rings is 2. The molecule has 0 unspecified atom stereocenters. The Morgan fingerprint density at radius 3 is 2.52 bits per heavy atom. The zero-order valence-electron chi connectivity index (χ0n) is 15.2. The van der Waals surface area contributed by atoms with Crippen molar-refractivity contribution in [3.8, 4) is 0 Å². The van der Waals surface area contributed by atoms with E-state index in [9.17, 15) is 9.59 Å². The van der Waals surface area contributed by atoms with Gasteiger partial charge >= 0.3 is 0 Å². The average Bonchev–Trinajstić information content (AvgIpc) is 2.69. The van der Waals surface area contributed by atoms with Gasteiger partial charge in [0.1, 0.15) is 11.5 Å². The number of para-hydroxylation sites is 1. The molecule has 0 fully saturated rings. The van der Waals surface area contributed by atoms with Crippen molar-refractivity contribution in [1.82, 2.24) is 9.97 Å². The number of amides is 1. The van der Waals surface area contributed by atoms with Crippen molar-refractivity contribution >= 4 is 28.9 Å². The van der Waals surface area contributed by atoms with Crippen LogP contribution >= 0.6 is 0 Å². The molecule has 136 valence electrons. The standard InChI is InChI=1S/C21H20N4O2/c1-3-15-7-4-5-10-18(15)25-20-13-22-19(12-23-20)21(27)24-17-9-6-8-16(11-17)14(2)26/h4-13H,3H2,1-2H3,(H,23,25)(H,24,27). The van der Waals surface area contributed by atoms with Crippen molar-refractivity contribution in [1.29, 1.82) is 0 Å².